The van der Waals surface area contributed by atoms with E-state index in [0.29, 0.717) is 6.42 Å². The van der Waals surface area contributed by atoms with Gasteiger partial charge in [-0.1, -0.05) is 23.8 Å². The van der Waals surface area contributed by atoms with E-state index < -0.39 is 22.0 Å². The quantitative estimate of drug-likeness (QED) is 0.390. The zero-order valence-corrected chi connectivity index (χ0v) is 14.9. The van der Waals surface area contributed by atoms with Crippen LogP contribution in [0.5, 0.6) is 0 Å². The third-order valence-corrected chi connectivity index (χ3v) is 5.32. The van der Waals surface area contributed by atoms with E-state index in [0.717, 1.165) is 9.87 Å². The molecular formula is C18H23NO4S. The number of rotatable bonds is 9. The van der Waals surface area contributed by atoms with Crippen molar-refractivity contribution >= 4 is 16.0 Å². The summed E-state index contributed by atoms with van der Waals surface area (Å²) in [5.41, 5.74) is 0.942. The molecule has 1 atom stereocenters. The molecule has 0 fully saturated rings. The van der Waals surface area contributed by atoms with Crippen molar-refractivity contribution in [2.45, 2.75) is 37.6 Å². The molecule has 6 heteroatoms. The highest BCUT2D eigenvalue weighted by molar-refractivity contribution is 7.89. The van der Waals surface area contributed by atoms with Gasteiger partial charge in [-0.15, -0.1) is 18.9 Å². The molecule has 0 saturated carbocycles. The maximum atomic E-state index is 13.0. The summed E-state index contributed by atoms with van der Waals surface area (Å²) in [6.07, 6.45) is 7.27. The Labute approximate surface area is 144 Å². The second kappa shape index (κ2) is 9.26. The fourth-order valence-electron chi connectivity index (χ4n) is 2.16. The minimum absolute atomic E-state index is 0.0545. The van der Waals surface area contributed by atoms with Gasteiger partial charge >= 0.3 is 5.97 Å². The Morgan fingerprint density at radius 3 is 2.54 bits per heavy atom. The molecular weight excluding hydrogens is 326 g/mol. The van der Waals surface area contributed by atoms with Crippen LogP contribution in [0, 0.1) is 19.3 Å². The van der Waals surface area contributed by atoms with Crippen molar-refractivity contribution in [3.8, 4) is 12.3 Å². The Kier molecular flexibility index (Phi) is 7.69. The molecule has 24 heavy (non-hydrogen) atoms. The number of esters is 1. The van der Waals surface area contributed by atoms with Crippen LogP contribution >= 0.6 is 0 Å². The van der Waals surface area contributed by atoms with Crippen LogP contribution in [0.3, 0.4) is 0 Å². The summed E-state index contributed by atoms with van der Waals surface area (Å²) in [7, 11) is -3.89. The van der Waals surface area contributed by atoms with Gasteiger partial charge in [-0.25, -0.2) is 8.42 Å². The van der Waals surface area contributed by atoms with Gasteiger partial charge in [0.25, 0.3) is 0 Å². The lowest BCUT2D eigenvalue weighted by Gasteiger charge is -2.28. The molecule has 0 heterocycles. The number of hydrogen-bond donors (Lipinski definition) is 0. The molecule has 0 aliphatic rings. The number of ether oxygens (including phenoxy) is 1. The average Bonchev–Trinajstić information content (AvgIpc) is 2.54. The van der Waals surface area contributed by atoms with E-state index in [4.69, 9.17) is 11.2 Å². The summed E-state index contributed by atoms with van der Waals surface area (Å²) in [4.78, 5) is 12.3. The molecule has 1 unspecified atom stereocenters. The Morgan fingerprint density at radius 2 is 2.04 bits per heavy atom. The van der Waals surface area contributed by atoms with Crippen molar-refractivity contribution in [3.63, 3.8) is 0 Å². The number of carbonyl (C=O) groups excluding carboxylic acids is 1. The Hall–Kier alpha value is -2.10. The predicted octanol–water partition coefficient (Wildman–Crippen LogP) is 2.52. The highest BCUT2D eigenvalue weighted by atomic mass is 32.2. The van der Waals surface area contributed by atoms with Gasteiger partial charge in [-0.05, 0) is 32.4 Å². The largest absolute Gasteiger partial charge is 0.465 e. The minimum atomic E-state index is -3.89. The lowest BCUT2D eigenvalue weighted by molar-refractivity contribution is -0.147. The zero-order valence-electron chi connectivity index (χ0n) is 14.1. The molecule has 0 saturated heterocycles. The molecule has 0 spiro atoms. The van der Waals surface area contributed by atoms with Crippen molar-refractivity contribution in [3.05, 3.63) is 42.5 Å². The van der Waals surface area contributed by atoms with Crippen LogP contribution in [0.4, 0.5) is 0 Å². The lowest BCUT2D eigenvalue weighted by atomic mass is 10.2. The molecule has 0 aliphatic heterocycles. The number of nitrogens with zero attached hydrogens (tertiary/aromatic N) is 1. The van der Waals surface area contributed by atoms with Crippen molar-refractivity contribution < 1.29 is 17.9 Å². The number of benzene rings is 1. The first kappa shape index (κ1) is 19.9. The van der Waals surface area contributed by atoms with Crippen molar-refractivity contribution in [2.75, 3.05) is 13.2 Å². The normalized spacial score (nSPS) is 12.4. The SMILES string of the molecule is C#CCC(C(=O)OCC)N(CCC=C)S(=O)(=O)c1ccc(C)cc1. The monoisotopic (exact) mass is 349 g/mol. The summed E-state index contributed by atoms with van der Waals surface area (Å²) in [5, 5.41) is 0. The first-order valence-electron chi connectivity index (χ1n) is 7.68. The number of hydrogen-bond acceptors (Lipinski definition) is 4. The molecule has 5 nitrogen and oxygen atoms in total. The standard InChI is InChI=1S/C18H23NO4S/c1-5-8-14-19(17(9-6-2)18(20)23-7-3)24(21,22)16-12-10-15(4)11-13-16/h2,5,10-13,17H,1,7-9,14H2,3-4H3. The van der Waals surface area contributed by atoms with Gasteiger partial charge in [0.05, 0.1) is 11.5 Å². The third kappa shape index (κ3) is 4.95. The molecule has 1 aromatic rings. The molecule has 1 rings (SSSR count). The Morgan fingerprint density at radius 1 is 1.42 bits per heavy atom. The van der Waals surface area contributed by atoms with Gasteiger partial charge in [-0.3, -0.25) is 4.79 Å². The second-order valence-corrected chi connectivity index (χ2v) is 7.07. The maximum Gasteiger partial charge on any atom is 0.325 e. The fraction of sp³-hybridized carbons (Fsp3) is 0.389. The van der Waals surface area contributed by atoms with Crippen molar-refractivity contribution in [2.24, 2.45) is 0 Å². The minimum Gasteiger partial charge on any atom is -0.465 e. The zero-order chi connectivity index (χ0) is 18.2. The number of carbonyl (C=O) groups is 1. The number of aryl methyl sites for hydroxylation is 1. The van der Waals surface area contributed by atoms with Crippen LogP contribution < -0.4 is 0 Å². The van der Waals surface area contributed by atoms with Crippen LogP contribution in [0.1, 0.15) is 25.3 Å². The molecule has 0 N–H and O–H groups in total. The predicted molar refractivity (Wildman–Crippen MR) is 93.8 cm³/mol. The van der Waals surface area contributed by atoms with Crippen LogP contribution in [0.15, 0.2) is 41.8 Å². The van der Waals surface area contributed by atoms with E-state index in [1.807, 2.05) is 6.92 Å². The van der Waals surface area contributed by atoms with Crippen molar-refractivity contribution in [1.82, 2.24) is 4.31 Å². The Balaban J connectivity index is 3.31. The van der Waals surface area contributed by atoms with Crippen molar-refractivity contribution in [1.29, 1.82) is 0 Å². The maximum absolute atomic E-state index is 13.0. The molecule has 1 aromatic carbocycles. The van der Waals surface area contributed by atoms with Crippen LogP contribution in [0.25, 0.3) is 0 Å². The summed E-state index contributed by atoms with van der Waals surface area (Å²) in [6, 6.07) is 5.40. The van der Waals surface area contributed by atoms with Gasteiger partial charge < -0.3 is 4.74 Å². The van der Waals surface area contributed by atoms with E-state index in [1.54, 1.807) is 25.1 Å². The van der Waals surface area contributed by atoms with Gasteiger partial charge in [0.2, 0.25) is 10.0 Å². The average molecular weight is 349 g/mol. The number of terminal acetylenes is 1. The number of sulfonamides is 1. The summed E-state index contributed by atoms with van der Waals surface area (Å²) >= 11 is 0. The molecule has 0 amide bonds. The summed E-state index contributed by atoms with van der Waals surface area (Å²) < 4.78 is 32.1. The van der Waals surface area contributed by atoms with E-state index >= 15 is 0 Å². The lowest BCUT2D eigenvalue weighted by Crippen LogP contribution is -2.46. The highest BCUT2D eigenvalue weighted by Crippen LogP contribution is 2.21. The summed E-state index contributed by atoms with van der Waals surface area (Å²) in [6.45, 7) is 7.39. The van der Waals surface area contributed by atoms with Gasteiger partial charge in [0.15, 0.2) is 0 Å². The fourth-order valence-corrected chi connectivity index (χ4v) is 3.75. The Bertz CT molecular complexity index is 702. The molecule has 0 aromatic heterocycles. The van der Waals surface area contributed by atoms with E-state index in [2.05, 4.69) is 12.5 Å². The van der Waals surface area contributed by atoms with Gasteiger partial charge in [0, 0.05) is 13.0 Å². The van der Waals surface area contributed by atoms with E-state index in [9.17, 15) is 13.2 Å². The second-order valence-electron chi connectivity index (χ2n) is 5.18. The van der Waals surface area contributed by atoms with Crippen LogP contribution in [-0.2, 0) is 19.6 Å². The highest BCUT2D eigenvalue weighted by Gasteiger charge is 2.35. The first-order chi connectivity index (χ1) is 11.4. The van der Waals surface area contributed by atoms with Crippen LogP contribution in [0.2, 0.25) is 0 Å². The van der Waals surface area contributed by atoms with Crippen LogP contribution in [-0.4, -0.2) is 37.9 Å². The van der Waals surface area contributed by atoms with Gasteiger partial charge in [-0.2, -0.15) is 4.31 Å². The topological polar surface area (TPSA) is 63.7 Å². The first-order valence-corrected chi connectivity index (χ1v) is 9.12. The smallest absolute Gasteiger partial charge is 0.325 e. The molecule has 0 bridgehead atoms. The molecule has 0 radical (unpaired) electrons. The van der Waals surface area contributed by atoms with E-state index in [1.165, 1.54) is 12.1 Å². The third-order valence-electron chi connectivity index (χ3n) is 3.40. The summed E-state index contributed by atoms with van der Waals surface area (Å²) in [5.74, 6) is 1.72. The molecule has 130 valence electrons. The van der Waals surface area contributed by atoms with E-state index in [-0.39, 0.29) is 24.5 Å². The van der Waals surface area contributed by atoms with Gasteiger partial charge in [0.1, 0.15) is 6.04 Å². The molecule has 0 aliphatic carbocycles.